The van der Waals surface area contributed by atoms with Gasteiger partial charge in [-0.3, -0.25) is 9.59 Å². The SMILES string of the molecule is CCCCCCCCOc1ccc(C2CC(=O)Oc3ccc(C(=O)c4ccccc4)c(O)c32)cc1. The van der Waals surface area contributed by atoms with Gasteiger partial charge in [0.2, 0.25) is 0 Å². The van der Waals surface area contributed by atoms with Gasteiger partial charge in [-0.05, 0) is 36.2 Å². The van der Waals surface area contributed by atoms with Gasteiger partial charge in [0.05, 0.1) is 18.6 Å². The Morgan fingerprint density at radius 1 is 0.943 bits per heavy atom. The molecule has 0 radical (unpaired) electrons. The van der Waals surface area contributed by atoms with Crippen LogP contribution in [-0.4, -0.2) is 23.5 Å². The monoisotopic (exact) mass is 472 g/mol. The van der Waals surface area contributed by atoms with E-state index in [2.05, 4.69) is 6.92 Å². The molecule has 1 N–H and O–H groups in total. The van der Waals surface area contributed by atoms with Crippen LogP contribution in [0, 0.1) is 0 Å². The summed E-state index contributed by atoms with van der Waals surface area (Å²) < 4.78 is 11.3. The predicted octanol–water partition coefficient (Wildman–Crippen LogP) is 6.80. The number of esters is 1. The average Bonchev–Trinajstić information content (AvgIpc) is 2.88. The van der Waals surface area contributed by atoms with Gasteiger partial charge in [0.1, 0.15) is 17.2 Å². The number of carbonyl (C=O) groups excluding carboxylic acids is 2. The van der Waals surface area contributed by atoms with Crippen molar-refractivity contribution in [1.82, 2.24) is 0 Å². The molecule has 0 saturated heterocycles. The van der Waals surface area contributed by atoms with E-state index in [9.17, 15) is 14.7 Å². The van der Waals surface area contributed by atoms with E-state index in [-0.39, 0.29) is 35.2 Å². The molecule has 4 rings (SSSR count). The number of hydrogen-bond acceptors (Lipinski definition) is 5. The van der Waals surface area contributed by atoms with Gasteiger partial charge in [-0.15, -0.1) is 0 Å². The second-order valence-corrected chi connectivity index (χ2v) is 8.98. The maximum absolute atomic E-state index is 13.0. The number of aromatic hydroxyl groups is 1. The molecule has 5 nitrogen and oxygen atoms in total. The van der Waals surface area contributed by atoms with Gasteiger partial charge in [0, 0.05) is 17.0 Å². The first-order chi connectivity index (χ1) is 17.1. The number of phenolic OH excluding ortho intramolecular Hbond substituents is 1. The lowest BCUT2D eigenvalue weighted by Crippen LogP contribution is -2.22. The smallest absolute Gasteiger partial charge is 0.312 e. The molecule has 0 spiro atoms. The van der Waals surface area contributed by atoms with Crippen LogP contribution in [0.3, 0.4) is 0 Å². The first kappa shape index (κ1) is 24.5. The Kier molecular flexibility index (Phi) is 8.19. The largest absolute Gasteiger partial charge is 0.507 e. The van der Waals surface area contributed by atoms with Crippen molar-refractivity contribution in [2.24, 2.45) is 0 Å². The van der Waals surface area contributed by atoms with E-state index in [0.717, 1.165) is 17.7 Å². The summed E-state index contributed by atoms with van der Waals surface area (Å²) in [5.41, 5.74) is 2.00. The van der Waals surface area contributed by atoms with Crippen molar-refractivity contribution in [2.45, 2.75) is 57.8 Å². The summed E-state index contributed by atoms with van der Waals surface area (Å²) in [7, 11) is 0. The molecule has 1 aliphatic rings. The number of ketones is 1. The van der Waals surface area contributed by atoms with Crippen LogP contribution in [0.4, 0.5) is 0 Å². The van der Waals surface area contributed by atoms with E-state index in [0.29, 0.717) is 17.7 Å². The van der Waals surface area contributed by atoms with Gasteiger partial charge >= 0.3 is 5.97 Å². The van der Waals surface area contributed by atoms with Gasteiger partial charge in [-0.25, -0.2) is 0 Å². The molecule has 0 amide bonds. The Balaban J connectivity index is 1.50. The van der Waals surface area contributed by atoms with Crippen LogP contribution in [0.2, 0.25) is 0 Å². The Bertz CT molecular complexity index is 1150. The van der Waals surface area contributed by atoms with Crippen molar-refractivity contribution in [3.05, 3.63) is 89.0 Å². The van der Waals surface area contributed by atoms with Crippen molar-refractivity contribution < 1.29 is 24.2 Å². The minimum Gasteiger partial charge on any atom is -0.507 e. The number of unbranched alkanes of at least 4 members (excludes halogenated alkanes) is 5. The van der Waals surface area contributed by atoms with E-state index >= 15 is 0 Å². The highest BCUT2D eigenvalue weighted by Gasteiger charge is 2.33. The molecule has 0 bridgehead atoms. The number of benzene rings is 3. The van der Waals surface area contributed by atoms with Crippen LogP contribution in [0.25, 0.3) is 0 Å². The first-order valence-electron chi connectivity index (χ1n) is 12.5. The van der Waals surface area contributed by atoms with Crippen molar-refractivity contribution >= 4 is 11.8 Å². The van der Waals surface area contributed by atoms with Crippen LogP contribution >= 0.6 is 0 Å². The Hall–Kier alpha value is -3.60. The van der Waals surface area contributed by atoms with Gasteiger partial charge in [0.25, 0.3) is 0 Å². The minimum atomic E-state index is -0.414. The van der Waals surface area contributed by atoms with Crippen molar-refractivity contribution in [3.8, 4) is 17.2 Å². The maximum atomic E-state index is 13.0. The van der Waals surface area contributed by atoms with E-state index in [1.807, 2.05) is 30.3 Å². The number of carbonyl (C=O) groups is 2. The van der Waals surface area contributed by atoms with E-state index < -0.39 is 5.92 Å². The fraction of sp³-hybridized carbons (Fsp3) is 0.333. The molecule has 0 fully saturated rings. The fourth-order valence-electron chi connectivity index (χ4n) is 4.53. The summed E-state index contributed by atoms with van der Waals surface area (Å²) in [5.74, 6) is -0.137. The molecule has 1 aliphatic heterocycles. The zero-order chi connectivity index (χ0) is 24.6. The molecule has 0 saturated carbocycles. The van der Waals surface area contributed by atoms with Gasteiger partial charge in [-0.1, -0.05) is 81.5 Å². The zero-order valence-corrected chi connectivity index (χ0v) is 20.2. The summed E-state index contributed by atoms with van der Waals surface area (Å²) in [6.45, 7) is 2.89. The summed E-state index contributed by atoms with van der Waals surface area (Å²) in [6, 6.07) is 19.5. The van der Waals surface area contributed by atoms with Crippen LogP contribution in [0.15, 0.2) is 66.7 Å². The fourth-order valence-corrected chi connectivity index (χ4v) is 4.53. The normalized spacial score (nSPS) is 14.8. The van der Waals surface area contributed by atoms with Crippen LogP contribution in [0.5, 0.6) is 17.2 Å². The van der Waals surface area contributed by atoms with Crippen molar-refractivity contribution in [3.63, 3.8) is 0 Å². The molecule has 1 atom stereocenters. The van der Waals surface area contributed by atoms with Crippen molar-refractivity contribution in [1.29, 1.82) is 0 Å². The second kappa shape index (κ2) is 11.7. The standard InChI is InChI=1S/C30H32O5/c1-2-3-4-5-6-10-19-34-23-15-13-21(14-16-23)25-20-27(31)35-26-18-17-24(30(33)28(25)26)29(32)22-11-8-7-9-12-22/h7-9,11-18,25,33H,2-6,10,19-20H2,1H3. The molecule has 0 aromatic heterocycles. The molecular formula is C30H32O5. The number of hydrogen-bond donors (Lipinski definition) is 1. The molecule has 3 aromatic carbocycles. The quantitative estimate of drug-likeness (QED) is 0.144. The molecule has 3 aromatic rings. The molecule has 35 heavy (non-hydrogen) atoms. The lowest BCUT2D eigenvalue weighted by molar-refractivity contribution is -0.135. The third-order valence-electron chi connectivity index (χ3n) is 6.45. The zero-order valence-electron chi connectivity index (χ0n) is 20.2. The van der Waals surface area contributed by atoms with Gasteiger partial charge < -0.3 is 14.6 Å². The highest BCUT2D eigenvalue weighted by atomic mass is 16.5. The second-order valence-electron chi connectivity index (χ2n) is 8.98. The number of phenols is 1. The third-order valence-corrected chi connectivity index (χ3v) is 6.45. The molecule has 1 heterocycles. The first-order valence-corrected chi connectivity index (χ1v) is 12.5. The van der Waals surface area contributed by atoms with Crippen LogP contribution in [0.1, 0.15) is 84.8 Å². The topological polar surface area (TPSA) is 72.8 Å². The molecule has 5 heteroatoms. The lowest BCUT2D eigenvalue weighted by atomic mass is 9.84. The highest BCUT2D eigenvalue weighted by molar-refractivity contribution is 6.11. The van der Waals surface area contributed by atoms with E-state index in [1.54, 1.807) is 30.3 Å². The average molecular weight is 473 g/mol. The lowest BCUT2D eigenvalue weighted by Gasteiger charge is -2.26. The van der Waals surface area contributed by atoms with Crippen LogP contribution < -0.4 is 9.47 Å². The van der Waals surface area contributed by atoms with E-state index in [4.69, 9.17) is 9.47 Å². The summed E-state index contributed by atoms with van der Waals surface area (Å²) in [5, 5.41) is 11.1. The highest BCUT2D eigenvalue weighted by Crippen LogP contribution is 2.45. The van der Waals surface area contributed by atoms with Crippen molar-refractivity contribution in [2.75, 3.05) is 6.61 Å². The molecule has 182 valence electrons. The Labute approximate surface area is 206 Å². The molecular weight excluding hydrogens is 440 g/mol. The molecule has 1 unspecified atom stereocenters. The number of fused-ring (bicyclic) bond motifs is 1. The maximum Gasteiger partial charge on any atom is 0.312 e. The Morgan fingerprint density at radius 3 is 2.40 bits per heavy atom. The minimum absolute atomic E-state index is 0.0848. The summed E-state index contributed by atoms with van der Waals surface area (Å²) >= 11 is 0. The van der Waals surface area contributed by atoms with Crippen LogP contribution in [-0.2, 0) is 4.79 Å². The van der Waals surface area contributed by atoms with Gasteiger partial charge in [0.15, 0.2) is 5.78 Å². The predicted molar refractivity (Wildman–Crippen MR) is 135 cm³/mol. The third kappa shape index (κ3) is 5.91. The summed E-state index contributed by atoms with van der Waals surface area (Å²) in [4.78, 5) is 25.3. The van der Waals surface area contributed by atoms with E-state index in [1.165, 1.54) is 38.2 Å². The number of ether oxygens (including phenoxy) is 2. The summed E-state index contributed by atoms with van der Waals surface area (Å²) in [6.07, 6.45) is 7.34. The molecule has 0 aliphatic carbocycles. The Morgan fingerprint density at radius 2 is 1.66 bits per heavy atom. The number of rotatable bonds is 11. The van der Waals surface area contributed by atoms with Gasteiger partial charge in [-0.2, -0.15) is 0 Å².